The van der Waals surface area contributed by atoms with Crippen LogP contribution in [0, 0.1) is 5.92 Å². The third-order valence-corrected chi connectivity index (χ3v) is 3.52. The van der Waals surface area contributed by atoms with E-state index in [9.17, 15) is 9.59 Å². The first-order valence-corrected chi connectivity index (χ1v) is 7.14. The van der Waals surface area contributed by atoms with Crippen LogP contribution in [-0.2, 0) is 9.59 Å². The van der Waals surface area contributed by atoms with Crippen LogP contribution in [0.1, 0.15) is 57.8 Å². The van der Waals surface area contributed by atoms with E-state index >= 15 is 0 Å². The van der Waals surface area contributed by atoms with E-state index in [0.29, 0.717) is 12.8 Å². The van der Waals surface area contributed by atoms with Crippen LogP contribution in [0.3, 0.4) is 0 Å². The molecule has 0 saturated carbocycles. The maximum Gasteiger partial charge on any atom is 0.220 e. The molecule has 1 atom stereocenters. The molecule has 102 valence electrons. The molecule has 18 heavy (non-hydrogen) atoms. The zero-order chi connectivity index (χ0) is 13.2. The molecule has 1 aliphatic rings. The molecule has 1 N–H and O–H groups in total. The van der Waals surface area contributed by atoms with Crippen molar-refractivity contribution in [2.75, 3.05) is 6.54 Å². The van der Waals surface area contributed by atoms with Crippen LogP contribution in [0.25, 0.3) is 0 Å². The minimum atomic E-state index is -0.0272. The lowest BCUT2D eigenvalue weighted by Crippen LogP contribution is -2.24. The normalized spacial score (nSPS) is 20.0. The molecule has 0 aromatic heterocycles. The van der Waals surface area contributed by atoms with Gasteiger partial charge in [0, 0.05) is 25.3 Å². The topological polar surface area (TPSA) is 46.2 Å². The summed E-state index contributed by atoms with van der Waals surface area (Å²) in [6.07, 6.45) is 10.3. The molecule has 1 saturated heterocycles. The quantitative estimate of drug-likeness (QED) is 0.532. The fourth-order valence-corrected chi connectivity index (χ4v) is 2.39. The van der Waals surface area contributed by atoms with E-state index in [1.54, 1.807) is 0 Å². The summed E-state index contributed by atoms with van der Waals surface area (Å²) in [4.78, 5) is 23.4. The van der Waals surface area contributed by atoms with Crippen molar-refractivity contribution >= 4 is 11.7 Å². The summed E-state index contributed by atoms with van der Waals surface area (Å²) in [6, 6.07) is 0. The number of nitrogens with one attached hydrogen (secondary N) is 1. The molecule has 0 aliphatic carbocycles. The highest BCUT2D eigenvalue weighted by Crippen LogP contribution is 2.18. The fraction of sp³-hybridized carbons (Fsp3) is 0.733. The van der Waals surface area contributed by atoms with Gasteiger partial charge in [-0.3, -0.25) is 9.59 Å². The zero-order valence-corrected chi connectivity index (χ0v) is 11.2. The van der Waals surface area contributed by atoms with Crippen molar-refractivity contribution in [3.05, 3.63) is 12.7 Å². The Morgan fingerprint density at radius 2 is 2.11 bits per heavy atom. The van der Waals surface area contributed by atoms with Crippen LogP contribution in [0.5, 0.6) is 0 Å². The lowest BCUT2D eigenvalue weighted by molar-refractivity contribution is -0.128. The molecule has 1 aliphatic heterocycles. The summed E-state index contributed by atoms with van der Waals surface area (Å²) in [6.45, 7) is 4.42. The van der Waals surface area contributed by atoms with Gasteiger partial charge < -0.3 is 5.32 Å². The van der Waals surface area contributed by atoms with Gasteiger partial charge in [0.05, 0.1) is 0 Å². The zero-order valence-electron chi connectivity index (χ0n) is 11.2. The van der Waals surface area contributed by atoms with Gasteiger partial charge in [-0.1, -0.05) is 18.9 Å². The molecule has 1 amide bonds. The van der Waals surface area contributed by atoms with Crippen molar-refractivity contribution in [3.63, 3.8) is 0 Å². The average molecular weight is 251 g/mol. The highest BCUT2D eigenvalue weighted by Gasteiger charge is 2.23. The summed E-state index contributed by atoms with van der Waals surface area (Å²) in [7, 11) is 0. The molecular weight excluding hydrogens is 226 g/mol. The van der Waals surface area contributed by atoms with Crippen molar-refractivity contribution in [2.45, 2.75) is 57.8 Å². The second-order valence-corrected chi connectivity index (χ2v) is 5.10. The molecule has 0 spiro atoms. The van der Waals surface area contributed by atoms with Crippen molar-refractivity contribution in [3.8, 4) is 0 Å². The maximum absolute atomic E-state index is 12.0. The lowest BCUT2D eigenvalue weighted by Gasteiger charge is -2.11. The minimum Gasteiger partial charge on any atom is -0.356 e. The van der Waals surface area contributed by atoms with Gasteiger partial charge in [0.25, 0.3) is 0 Å². The summed E-state index contributed by atoms with van der Waals surface area (Å²) in [5.41, 5.74) is 0. The van der Waals surface area contributed by atoms with Gasteiger partial charge in [-0.25, -0.2) is 0 Å². The molecule has 1 rings (SSSR count). The van der Waals surface area contributed by atoms with Gasteiger partial charge in [-0.05, 0) is 32.1 Å². The summed E-state index contributed by atoms with van der Waals surface area (Å²) in [5.74, 6) is 0.299. The van der Waals surface area contributed by atoms with Gasteiger partial charge in [-0.2, -0.15) is 0 Å². The Hall–Kier alpha value is -1.12. The standard InChI is InChI=1S/C15H25NO2/c1-2-3-4-5-6-7-10-14(17)13-9-8-11-16-15(18)12-13/h2,13H,1,3-12H2,(H,16,18). The molecular formula is C15H25NO2. The van der Waals surface area contributed by atoms with E-state index in [2.05, 4.69) is 11.9 Å². The van der Waals surface area contributed by atoms with E-state index in [1.165, 1.54) is 12.8 Å². The molecule has 0 radical (unpaired) electrons. The number of carbonyl (C=O) groups excluding carboxylic acids is 2. The van der Waals surface area contributed by atoms with Crippen LogP contribution in [-0.4, -0.2) is 18.2 Å². The molecule has 1 unspecified atom stereocenters. The number of Topliss-reactive ketones (excluding diaryl/α,β-unsaturated/α-hetero) is 1. The Balaban J connectivity index is 2.15. The van der Waals surface area contributed by atoms with Crippen molar-refractivity contribution < 1.29 is 9.59 Å². The second kappa shape index (κ2) is 8.90. The van der Waals surface area contributed by atoms with E-state index in [4.69, 9.17) is 0 Å². The van der Waals surface area contributed by atoms with Crippen molar-refractivity contribution in [1.29, 1.82) is 0 Å². The van der Waals surface area contributed by atoms with Gasteiger partial charge in [0.15, 0.2) is 0 Å². The number of unbranched alkanes of at least 4 members (excludes halogenated alkanes) is 4. The number of hydrogen-bond donors (Lipinski definition) is 1. The van der Waals surface area contributed by atoms with Crippen LogP contribution in [0.4, 0.5) is 0 Å². The largest absolute Gasteiger partial charge is 0.356 e. The molecule has 3 heteroatoms. The average Bonchev–Trinajstić information content (AvgIpc) is 2.58. The van der Waals surface area contributed by atoms with E-state index in [-0.39, 0.29) is 17.6 Å². The first-order chi connectivity index (χ1) is 8.74. The van der Waals surface area contributed by atoms with Crippen LogP contribution < -0.4 is 5.32 Å². The Kier molecular flexibility index (Phi) is 7.38. The van der Waals surface area contributed by atoms with E-state index < -0.39 is 0 Å². The molecule has 0 aromatic rings. The van der Waals surface area contributed by atoms with Crippen molar-refractivity contribution in [1.82, 2.24) is 5.32 Å². The van der Waals surface area contributed by atoms with Gasteiger partial charge in [-0.15, -0.1) is 6.58 Å². The predicted molar refractivity (Wildman–Crippen MR) is 73.3 cm³/mol. The van der Waals surface area contributed by atoms with Crippen molar-refractivity contribution in [2.24, 2.45) is 5.92 Å². The Morgan fingerprint density at radius 1 is 1.33 bits per heavy atom. The number of allylic oxidation sites excluding steroid dienone is 1. The maximum atomic E-state index is 12.0. The highest BCUT2D eigenvalue weighted by atomic mass is 16.2. The highest BCUT2D eigenvalue weighted by molar-refractivity contribution is 5.87. The third-order valence-electron chi connectivity index (χ3n) is 3.52. The monoisotopic (exact) mass is 251 g/mol. The Labute approximate surface area is 110 Å². The summed E-state index contributed by atoms with van der Waals surface area (Å²) < 4.78 is 0. The summed E-state index contributed by atoms with van der Waals surface area (Å²) >= 11 is 0. The number of ketones is 1. The number of carbonyl (C=O) groups is 2. The van der Waals surface area contributed by atoms with Crippen LogP contribution >= 0.6 is 0 Å². The first-order valence-electron chi connectivity index (χ1n) is 7.14. The van der Waals surface area contributed by atoms with Gasteiger partial charge in [0.2, 0.25) is 5.91 Å². The van der Waals surface area contributed by atoms with Crippen LogP contribution in [0.15, 0.2) is 12.7 Å². The Bertz CT molecular complexity index is 286. The lowest BCUT2D eigenvalue weighted by atomic mass is 9.92. The number of hydrogen-bond acceptors (Lipinski definition) is 2. The molecule has 1 heterocycles. The fourth-order valence-electron chi connectivity index (χ4n) is 2.39. The Morgan fingerprint density at radius 3 is 2.89 bits per heavy atom. The van der Waals surface area contributed by atoms with Crippen LogP contribution in [0.2, 0.25) is 0 Å². The second-order valence-electron chi connectivity index (χ2n) is 5.10. The third kappa shape index (κ3) is 5.99. The number of amides is 1. The molecule has 0 aromatic carbocycles. The number of rotatable bonds is 8. The first kappa shape index (κ1) is 14.9. The smallest absolute Gasteiger partial charge is 0.220 e. The summed E-state index contributed by atoms with van der Waals surface area (Å²) in [5, 5.41) is 2.82. The van der Waals surface area contributed by atoms with E-state index in [0.717, 1.165) is 38.6 Å². The molecule has 1 fully saturated rings. The SMILES string of the molecule is C=CCCCCCCC(=O)C1CCCNC(=O)C1. The van der Waals surface area contributed by atoms with E-state index in [1.807, 2.05) is 6.08 Å². The van der Waals surface area contributed by atoms with Gasteiger partial charge in [0.1, 0.15) is 5.78 Å². The predicted octanol–water partition coefficient (Wildman–Crippen LogP) is 3.00. The minimum absolute atomic E-state index is 0.0272. The molecule has 0 bridgehead atoms. The molecule has 3 nitrogen and oxygen atoms in total. The van der Waals surface area contributed by atoms with Gasteiger partial charge >= 0.3 is 0 Å².